The van der Waals surface area contributed by atoms with Crippen molar-refractivity contribution in [1.29, 1.82) is 0 Å². The lowest BCUT2D eigenvalue weighted by molar-refractivity contribution is 0.483. The molecule has 0 aliphatic rings. The van der Waals surface area contributed by atoms with Gasteiger partial charge >= 0.3 is 0 Å². The first kappa shape index (κ1) is 14.0. The number of rotatable bonds is 3. The highest BCUT2D eigenvalue weighted by Gasteiger charge is 2.03. The van der Waals surface area contributed by atoms with Gasteiger partial charge in [0, 0.05) is 5.02 Å². The van der Waals surface area contributed by atoms with E-state index in [2.05, 4.69) is 44.2 Å². The fraction of sp³-hybridized carbons (Fsp3) is 0.158. The first-order valence-corrected chi connectivity index (χ1v) is 7.47. The summed E-state index contributed by atoms with van der Waals surface area (Å²) < 4.78 is 5.86. The van der Waals surface area contributed by atoms with Crippen LogP contribution in [0.2, 0.25) is 5.02 Å². The molecule has 2 heteroatoms. The maximum atomic E-state index is 5.88. The molecule has 106 valence electrons. The number of hydrogen-bond acceptors (Lipinski definition) is 1. The molecule has 0 saturated carbocycles. The summed E-state index contributed by atoms with van der Waals surface area (Å²) in [6.45, 7) is 4.42. The second-order valence-corrected chi connectivity index (χ2v) is 5.92. The molecule has 0 radical (unpaired) electrons. The van der Waals surface area contributed by atoms with Crippen molar-refractivity contribution in [3.8, 4) is 11.5 Å². The van der Waals surface area contributed by atoms with Gasteiger partial charge in [-0.25, -0.2) is 0 Å². The summed E-state index contributed by atoms with van der Waals surface area (Å²) in [5.74, 6) is 2.17. The van der Waals surface area contributed by atoms with Crippen LogP contribution in [0.3, 0.4) is 0 Å². The molecule has 0 heterocycles. The third kappa shape index (κ3) is 3.20. The zero-order chi connectivity index (χ0) is 14.8. The van der Waals surface area contributed by atoms with Gasteiger partial charge in [-0.05, 0) is 58.7 Å². The van der Waals surface area contributed by atoms with Crippen molar-refractivity contribution in [2.75, 3.05) is 0 Å². The van der Waals surface area contributed by atoms with Gasteiger partial charge in [-0.1, -0.05) is 49.7 Å². The Morgan fingerprint density at radius 1 is 0.762 bits per heavy atom. The SMILES string of the molecule is CC(C)c1ccc2cc(Oc3ccc(Cl)cc3)ccc2c1. The van der Waals surface area contributed by atoms with Gasteiger partial charge in [0.1, 0.15) is 11.5 Å². The van der Waals surface area contributed by atoms with E-state index in [1.807, 2.05) is 30.3 Å². The Morgan fingerprint density at radius 3 is 2.10 bits per heavy atom. The zero-order valence-electron chi connectivity index (χ0n) is 12.1. The third-order valence-electron chi connectivity index (χ3n) is 3.55. The van der Waals surface area contributed by atoms with Crippen LogP contribution in [0, 0.1) is 0 Å². The topological polar surface area (TPSA) is 9.23 Å². The first-order chi connectivity index (χ1) is 10.1. The number of fused-ring (bicyclic) bond motifs is 1. The lowest BCUT2D eigenvalue weighted by Crippen LogP contribution is -1.88. The normalized spacial score (nSPS) is 11.0. The van der Waals surface area contributed by atoms with E-state index in [0.717, 1.165) is 11.5 Å². The molecule has 0 fully saturated rings. The van der Waals surface area contributed by atoms with Crippen molar-refractivity contribution in [3.63, 3.8) is 0 Å². The summed E-state index contributed by atoms with van der Waals surface area (Å²) in [5.41, 5.74) is 1.36. The number of halogens is 1. The smallest absolute Gasteiger partial charge is 0.128 e. The van der Waals surface area contributed by atoms with Crippen LogP contribution < -0.4 is 4.74 Å². The lowest BCUT2D eigenvalue weighted by atomic mass is 9.99. The Labute approximate surface area is 130 Å². The van der Waals surface area contributed by atoms with E-state index in [1.54, 1.807) is 0 Å². The highest BCUT2D eigenvalue weighted by atomic mass is 35.5. The average Bonchev–Trinajstić information content (AvgIpc) is 2.49. The minimum Gasteiger partial charge on any atom is -0.457 e. The van der Waals surface area contributed by atoms with Gasteiger partial charge in [0.2, 0.25) is 0 Å². The Hall–Kier alpha value is -1.99. The summed E-state index contributed by atoms with van der Waals surface area (Å²) in [6.07, 6.45) is 0. The molecular weight excluding hydrogens is 280 g/mol. The van der Waals surface area contributed by atoms with Crippen LogP contribution in [0.25, 0.3) is 10.8 Å². The number of hydrogen-bond donors (Lipinski definition) is 0. The number of ether oxygens (including phenoxy) is 1. The van der Waals surface area contributed by atoms with Gasteiger partial charge in [-0.2, -0.15) is 0 Å². The molecule has 0 saturated heterocycles. The van der Waals surface area contributed by atoms with E-state index in [1.165, 1.54) is 16.3 Å². The van der Waals surface area contributed by atoms with E-state index in [0.29, 0.717) is 10.9 Å². The second-order valence-electron chi connectivity index (χ2n) is 5.48. The summed E-state index contributed by atoms with van der Waals surface area (Å²) >= 11 is 5.88. The minimum absolute atomic E-state index is 0.541. The van der Waals surface area contributed by atoms with Crippen molar-refractivity contribution >= 4 is 22.4 Å². The monoisotopic (exact) mass is 296 g/mol. The Balaban J connectivity index is 1.90. The molecular formula is C19H17ClO. The molecule has 0 N–H and O–H groups in total. The summed E-state index contributed by atoms with van der Waals surface area (Å²) in [7, 11) is 0. The maximum Gasteiger partial charge on any atom is 0.128 e. The van der Waals surface area contributed by atoms with Gasteiger partial charge in [-0.3, -0.25) is 0 Å². The molecule has 21 heavy (non-hydrogen) atoms. The van der Waals surface area contributed by atoms with Crippen molar-refractivity contribution in [1.82, 2.24) is 0 Å². The maximum absolute atomic E-state index is 5.88. The zero-order valence-corrected chi connectivity index (χ0v) is 12.9. The van der Waals surface area contributed by atoms with Crippen LogP contribution in [0.5, 0.6) is 11.5 Å². The van der Waals surface area contributed by atoms with Crippen LogP contribution in [0.4, 0.5) is 0 Å². The standard InChI is InChI=1S/C19H17ClO/c1-13(2)14-3-4-16-12-19(8-5-15(16)11-14)21-18-9-6-17(20)7-10-18/h3-13H,1-2H3. The first-order valence-electron chi connectivity index (χ1n) is 7.09. The van der Waals surface area contributed by atoms with Crippen LogP contribution >= 0.6 is 11.6 Å². The van der Waals surface area contributed by atoms with Crippen LogP contribution in [-0.2, 0) is 0 Å². The second kappa shape index (κ2) is 5.79. The molecule has 3 aromatic rings. The quantitative estimate of drug-likeness (QED) is 0.542. The molecule has 0 aliphatic carbocycles. The molecule has 0 spiro atoms. The van der Waals surface area contributed by atoms with E-state index in [9.17, 15) is 0 Å². The molecule has 0 amide bonds. The van der Waals surface area contributed by atoms with Crippen molar-refractivity contribution in [2.24, 2.45) is 0 Å². The summed E-state index contributed by atoms with van der Waals surface area (Å²) in [5, 5.41) is 3.14. The van der Waals surface area contributed by atoms with Crippen molar-refractivity contribution in [2.45, 2.75) is 19.8 Å². The molecule has 0 aliphatic heterocycles. The van der Waals surface area contributed by atoms with Crippen molar-refractivity contribution < 1.29 is 4.74 Å². The lowest BCUT2D eigenvalue weighted by Gasteiger charge is -2.09. The number of benzene rings is 3. The molecule has 3 aromatic carbocycles. The van der Waals surface area contributed by atoms with Crippen LogP contribution in [0.15, 0.2) is 60.7 Å². The summed E-state index contributed by atoms with van der Waals surface area (Å²) in [6, 6.07) is 20.1. The van der Waals surface area contributed by atoms with Crippen LogP contribution in [-0.4, -0.2) is 0 Å². The van der Waals surface area contributed by atoms with Crippen LogP contribution in [0.1, 0.15) is 25.3 Å². The largest absolute Gasteiger partial charge is 0.457 e. The molecule has 0 atom stereocenters. The highest BCUT2D eigenvalue weighted by Crippen LogP contribution is 2.28. The van der Waals surface area contributed by atoms with E-state index < -0.39 is 0 Å². The Kier molecular flexibility index (Phi) is 3.85. The van der Waals surface area contributed by atoms with E-state index >= 15 is 0 Å². The van der Waals surface area contributed by atoms with Gasteiger partial charge in [0.15, 0.2) is 0 Å². The van der Waals surface area contributed by atoms with Gasteiger partial charge in [-0.15, -0.1) is 0 Å². The van der Waals surface area contributed by atoms with Gasteiger partial charge in [0.25, 0.3) is 0 Å². The fourth-order valence-electron chi connectivity index (χ4n) is 2.30. The van der Waals surface area contributed by atoms with Gasteiger partial charge < -0.3 is 4.74 Å². The molecule has 0 bridgehead atoms. The molecule has 1 nitrogen and oxygen atoms in total. The predicted molar refractivity (Wildman–Crippen MR) is 89.6 cm³/mol. The fourth-order valence-corrected chi connectivity index (χ4v) is 2.43. The Bertz CT molecular complexity index is 760. The summed E-state index contributed by atoms with van der Waals surface area (Å²) in [4.78, 5) is 0. The highest BCUT2D eigenvalue weighted by molar-refractivity contribution is 6.30. The average molecular weight is 297 g/mol. The molecule has 0 aromatic heterocycles. The van der Waals surface area contributed by atoms with E-state index in [-0.39, 0.29) is 0 Å². The molecule has 3 rings (SSSR count). The predicted octanol–water partition coefficient (Wildman–Crippen LogP) is 6.41. The van der Waals surface area contributed by atoms with Crippen molar-refractivity contribution in [3.05, 3.63) is 71.2 Å². The minimum atomic E-state index is 0.541. The van der Waals surface area contributed by atoms with E-state index in [4.69, 9.17) is 16.3 Å². The Morgan fingerprint density at radius 2 is 1.38 bits per heavy atom. The molecule has 0 unspecified atom stereocenters. The third-order valence-corrected chi connectivity index (χ3v) is 3.80. The van der Waals surface area contributed by atoms with Gasteiger partial charge in [0.05, 0.1) is 0 Å².